The highest BCUT2D eigenvalue weighted by atomic mass is 35.5. The molecule has 2 N–H and O–H groups in total. The predicted octanol–water partition coefficient (Wildman–Crippen LogP) is 0.789. The summed E-state index contributed by atoms with van der Waals surface area (Å²) in [7, 11) is 3.33. The fraction of sp³-hybridized carbons (Fsp3) is 0.312. The summed E-state index contributed by atoms with van der Waals surface area (Å²) < 4.78 is 4.06. The van der Waals surface area contributed by atoms with Gasteiger partial charge < -0.3 is 20.7 Å². The lowest BCUT2D eigenvalue weighted by Gasteiger charge is -2.08. The van der Waals surface area contributed by atoms with Crippen LogP contribution in [0.25, 0.3) is 0 Å². The molecular weight excluding hydrogens is 418 g/mol. The maximum Gasteiger partial charge on any atom is 0.408 e. The smallest absolute Gasteiger partial charge is 0.358 e. The van der Waals surface area contributed by atoms with Crippen LogP contribution in [0.1, 0.15) is 21.7 Å². The Labute approximate surface area is 174 Å². The molecule has 0 aliphatic carbocycles. The largest absolute Gasteiger partial charge is 0.408 e. The minimum Gasteiger partial charge on any atom is -0.358 e. The Balaban J connectivity index is 1.70. The van der Waals surface area contributed by atoms with Crippen molar-refractivity contribution >= 4 is 34.9 Å². The first-order valence-corrected chi connectivity index (χ1v) is 9.00. The number of carbonyl (C=O) groups excluding carboxylic acids is 2. The zero-order chi connectivity index (χ0) is 22.0. The second-order valence-electron chi connectivity index (χ2n) is 6.42. The highest BCUT2D eigenvalue weighted by Gasteiger charge is 2.26. The van der Waals surface area contributed by atoms with E-state index in [0.717, 1.165) is 10.2 Å². The lowest BCUT2D eigenvalue weighted by atomic mass is 10.3. The van der Waals surface area contributed by atoms with Crippen molar-refractivity contribution in [3.8, 4) is 0 Å². The Morgan fingerprint density at radius 1 is 1.27 bits per heavy atom. The molecule has 0 atom stereocenters. The van der Waals surface area contributed by atoms with Gasteiger partial charge in [0.1, 0.15) is 12.2 Å². The van der Waals surface area contributed by atoms with Crippen molar-refractivity contribution in [1.29, 1.82) is 0 Å². The van der Waals surface area contributed by atoms with E-state index in [1.165, 1.54) is 17.8 Å². The summed E-state index contributed by atoms with van der Waals surface area (Å²) in [5, 5.41) is 27.9. The number of amides is 2. The molecule has 3 rings (SSSR count). The fourth-order valence-corrected chi connectivity index (χ4v) is 2.94. The summed E-state index contributed by atoms with van der Waals surface area (Å²) in [4.78, 5) is 35.2. The van der Waals surface area contributed by atoms with Crippen LogP contribution < -0.4 is 10.6 Å². The average molecular weight is 436 g/mol. The van der Waals surface area contributed by atoms with Crippen LogP contribution >= 0.6 is 11.6 Å². The Morgan fingerprint density at radius 3 is 2.60 bits per heavy atom. The van der Waals surface area contributed by atoms with Gasteiger partial charge in [0.2, 0.25) is 5.91 Å². The number of rotatable bonds is 7. The molecule has 0 radical (unpaired) electrons. The number of hydrogen-bond donors (Lipinski definition) is 2. The quantitative estimate of drug-likeness (QED) is 0.410. The Morgan fingerprint density at radius 2 is 2.00 bits per heavy atom. The van der Waals surface area contributed by atoms with Crippen LogP contribution in [-0.4, -0.2) is 46.1 Å². The number of nitrogens with zero attached hydrogens (tertiary/aromatic N) is 7. The number of carbonyl (C=O) groups is 2. The van der Waals surface area contributed by atoms with E-state index in [9.17, 15) is 19.7 Å². The molecule has 3 heterocycles. The third-order valence-corrected chi connectivity index (χ3v) is 4.66. The average Bonchev–Trinajstić information content (AvgIpc) is 3.34. The lowest BCUT2D eigenvalue weighted by molar-refractivity contribution is -0.389. The molecule has 13 nitrogen and oxygen atoms in total. The zero-order valence-electron chi connectivity index (χ0n) is 16.3. The molecule has 0 saturated heterocycles. The summed E-state index contributed by atoms with van der Waals surface area (Å²) in [6, 6.07) is 0. The van der Waals surface area contributed by atoms with Gasteiger partial charge in [-0.15, -0.1) is 0 Å². The van der Waals surface area contributed by atoms with E-state index in [4.69, 9.17) is 11.6 Å². The third-order valence-electron chi connectivity index (χ3n) is 4.22. The minimum absolute atomic E-state index is 0.135. The molecule has 3 aromatic heterocycles. The zero-order valence-corrected chi connectivity index (χ0v) is 17.0. The number of nitrogens with one attached hydrogen (secondary N) is 2. The highest BCUT2D eigenvalue weighted by Crippen LogP contribution is 2.26. The van der Waals surface area contributed by atoms with E-state index >= 15 is 0 Å². The van der Waals surface area contributed by atoms with Gasteiger partial charge in [-0.2, -0.15) is 14.9 Å². The van der Waals surface area contributed by atoms with Crippen molar-refractivity contribution in [3.63, 3.8) is 0 Å². The Kier molecular flexibility index (Phi) is 5.82. The van der Waals surface area contributed by atoms with Crippen molar-refractivity contribution in [2.45, 2.75) is 20.0 Å². The SMILES string of the molecule is Cc1c(Cl)c([N+](=O)[O-])nn1CC(=O)Nc1cnn(C)c1C(=O)NCc1cnn(C)c1. The molecule has 0 aliphatic heterocycles. The van der Waals surface area contributed by atoms with Gasteiger partial charge in [0.15, 0.2) is 5.02 Å². The van der Waals surface area contributed by atoms with Gasteiger partial charge in [0.05, 0.1) is 28.9 Å². The van der Waals surface area contributed by atoms with Crippen LogP contribution in [0, 0.1) is 17.0 Å². The standard InChI is InChI=1S/C16H18ClN9O4/c1-9-13(17)15(26(29)30)22-25(9)8-12(27)21-11-6-20-24(3)14(11)16(28)18-4-10-5-19-23(2)7-10/h5-7H,4,8H2,1-3H3,(H,18,28)(H,21,27). The summed E-state index contributed by atoms with van der Waals surface area (Å²) in [6.07, 6.45) is 4.73. The first-order valence-electron chi connectivity index (χ1n) is 8.62. The first-order chi connectivity index (χ1) is 14.2. The van der Waals surface area contributed by atoms with Crippen LogP contribution in [0.2, 0.25) is 5.02 Å². The van der Waals surface area contributed by atoms with Crippen molar-refractivity contribution < 1.29 is 14.5 Å². The molecule has 158 valence electrons. The molecule has 0 unspecified atom stereocenters. The van der Waals surface area contributed by atoms with Gasteiger partial charge in [0.25, 0.3) is 5.91 Å². The minimum atomic E-state index is -0.727. The number of aryl methyl sites for hydroxylation is 2. The topological polar surface area (TPSA) is 155 Å². The van der Waals surface area contributed by atoms with E-state index in [1.54, 1.807) is 31.2 Å². The van der Waals surface area contributed by atoms with Gasteiger partial charge in [0, 0.05) is 32.4 Å². The second-order valence-corrected chi connectivity index (χ2v) is 6.80. The number of nitro groups is 1. The van der Waals surface area contributed by atoms with Crippen molar-refractivity contribution in [2.75, 3.05) is 5.32 Å². The van der Waals surface area contributed by atoms with E-state index in [-0.39, 0.29) is 35.2 Å². The number of anilines is 1. The molecule has 0 fully saturated rings. The van der Waals surface area contributed by atoms with Crippen molar-refractivity contribution in [2.24, 2.45) is 14.1 Å². The Hall–Kier alpha value is -3.74. The van der Waals surface area contributed by atoms with E-state index in [0.29, 0.717) is 0 Å². The fourth-order valence-electron chi connectivity index (χ4n) is 2.73. The van der Waals surface area contributed by atoms with E-state index in [1.807, 2.05) is 0 Å². The summed E-state index contributed by atoms with van der Waals surface area (Å²) in [6.45, 7) is 1.43. The number of aromatic nitrogens is 6. The van der Waals surface area contributed by atoms with Gasteiger partial charge in [-0.25, -0.2) is 0 Å². The van der Waals surface area contributed by atoms with E-state index < -0.39 is 22.6 Å². The van der Waals surface area contributed by atoms with Gasteiger partial charge in [-0.3, -0.25) is 19.0 Å². The van der Waals surface area contributed by atoms with Gasteiger partial charge in [-0.1, -0.05) is 11.6 Å². The molecule has 0 aliphatic rings. The van der Waals surface area contributed by atoms with Crippen molar-refractivity contribution in [1.82, 2.24) is 34.7 Å². The molecule has 0 aromatic carbocycles. The third kappa shape index (κ3) is 4.30. The first kappa shape index (κ1) is 21.0. The molecule has 0 saturated carbocycles. The molecule has 0 spiro atoms. The molecule has 14 heteroatoms. The van der Waals surface area contributed by atoms with Gasteiger partial charge >= 0.3 is 5.82 Å². The van der Waals surface area contributed by atoms with Crippen LogP contribution in [0.4, 0.5) is 11.5 Å². The van der Waals surface area contributed by atoms with E-state index in [2.05, 4.69) is 25.9 Å². The number of halogens is 1. The summed E-state index contributed by atoms with van der Waals surface area (Å²) >= 11 is 5.88. The maximum absolute atomic E-state index is 12.6. The summed E-state index contributed by atoms with van der Waals surface area (Å²) in [5.41, 5.74) is 1.43. The van der Waals surface area contributed by atoms with Crippen LogP contribution in [0.5, 0.6) is 0 Å². The lowest BCUT2D eigenvalue weighted by Crippen LogP contribution is -2.27. The monoisotopic (exact) mass is 435 g/mol. The molecular formula is C16H18ClN9O4. The summed E-state index contributed by atoms with van der Waals surface area (Å²) in [5.74, 6) is -1.52. The number of hydrogen-bond acceptors (Lipinski definition) is 7. The Bertz CT molecular complexity index is 1130. The second kappa shape index (κ2) is 8.32. The van der Waals surface area contributed by atoms with Crippen LogP contribution in [0.3, 0.4) is 0 Å². The molecule has 30 heavy (non-hydrogen) atoms. The van der Waals surface area contributed by atoms with Crippen LogP contribution in [-0.2, 0) is 32.0 Å². The maximum atomic E-state index is 12.6. The molecule has 2 amide bonds. The van der Waals surface area contributed by atoms with Crippen LogP contribution in [0.15, 0.2) is 18.6 Å². The predicted molar refractivity (Wildman–Crippen MR) is 105 cm³/mol. The molecule has 0 bridgehead atoms. The normalized spacial score (nSPS) is 10.8. The van der Waals surface area contributed by atoms with Crippen molar-refractivity contribution in [3.05, 3.63) is 50.7 Å². The van der Waals surface area contributed by atoms with Gasteiger partial charge in [-0.05, 0) is 11.8 Å². The highest BCUT2D eigenvalue weighted by molar-refractivity contribution is 6.33. The molecule has 3 aromatic rings.